The smallest absolute Gasteiger partial charge is 0.407 e. The van der Waals surface area contributed by atoms with Gasteiger partial charge in [0.15, 0.2) is 0 Å². The number of carboxylic acid groups (broad SMARTS) is 1. The highest BCUT2D eigenvalue weighted by Crippen LogP contribution is 2.48. The van der Waals surface area contributed by atoms with Gasteiger partial charge in [0.2, 0.25) is 5.91 Å². The molecule has 1 atom stereocenters. The molecular formula is C18H16N4O3S2. The van der Waals surface area contributed by atoms with Crippen LogP contribution in [0.1, 0.15) is 23.4 Å². The maximum atomic E-state index is 11.9. The van der Waals surface area contributed by atoms with Crippen molar-refractivity contribution in [1.29, 1.82) is 0 Å². The van der Waals surface area contributed by atoms with Gasteiger partial charge in [-0.25, -0.2) is 9.78 Å². The van der Waals surface area contributed by atoms with E-state index in [1.165, 1.54) is 33.6 Å². The van der Waals surface area contributed by atoms with Crippen molar-refractivity contribution in [3.63, 3.8) is 0 Å². The van der Waals surface area contributed by atoms with Crippen LogP contribution in [0.25, 0.3) is 20.8 Å². The van der Waals surface area contributed by atoms with Crippen LogP contribution in [0.15, 0.2) is 31.1 Å². The lowest BCUT2D eigenvalue weighted by molar-refractivity contribution is -0.111. The summed E-state index contributed by atoms with van der Waals surface area (Å²) in [6.45, 7) is 5.79. The zero-order valence-corrected chi connectivity index (χ0v) is 16.1. The van der Waals surface area contributed by atoms with Crippen molar-refractivity contribution in [2.24, 2.45) is 0 Å². The first-order valence-electron chi connectivity index (χ1n) is 8.29. The summed E-state index contributed by atoms with van der Waals surface area (Å²) in [7, 11) is 0. The molecule has 1 aliphatic heterocycles. The van der Waals surface area contributed by atoms with Gasteiger partial charge in [0.1, 0.15) is 15.5 Å². The molecule has 4 heterocycles. The molecule has 0 bridgehead atoms. The van der Waals surface area contributed by atoms with E-state index in [2.05, 4.69) is 16.9 Å². The van der Waals surface area contributed by atoms with Gasteiger partial charge >= 0.3 is 6.09 Å². The van der Waals surface area contributed by atoms with Crippen molar-refractivity contribution in [3.8, 4) is 10.6 Å². The van der Waals surface area contributed by atoms with E-state index < -0.39 is 6.09 Å². The zero-order valence-electron chi connectivity index (χ0n) is 14.4. The Morgan fingerprint density at radius 2 is 2.26 bits per heavy atom. The van der Waals surface area contributed by atoms with Crippen LogP contribution in [0.3, 0.4) is 0 Å². The topological polar surface area (TPSA) is 95.4 Å². The molecule has 2 amide bonds. The molecule has 0 aliphatic carbocycles. The Kier molecular flexibility index (Phi) is 4.40. The minimum atomic E-state index is -0.939. The van der Waals surface area contributed by atoms with Gasteiger partial charge in [0, 0.05) is 23.2 Å². The lowest BCUT2D eigenvalue weighted by Gasteiger charge is -2.31. The van der Waals surface area contributed by atoms with Crippen LogP contribution in [0.4, 0.5) is 9.80 Å². The van der Waals surface area contributed by atoms with Crippen molar-refractivity contribution < 1.29 is 14.7 Å². The van der Waals surface area contributed by atoms with Crippen molar-refractivity contribution in [2.75, 3.05) is 11.9 Å². The number of anilines is 1. The predicted octanol–water partition coefficient (Wildman–Crippen LogP) is 4.14. The zero-order chi connectivity index (χ0) is 19.1. The molecule has 0 saturated carbocycles. The second-order valence-corrected chi connectivity index (χ2v) is 8.19. The van der Waals surface area contributed by atoms with Crippen LogP contribution in [0, 0.1) is 0 Å². The molecule has 1 aliphatic rings. The molecule has 138 valence electrons. The van der Waals surface area contributed by atoms with Crippen LogP contribution in [-0.2, 0) is 11.2 Å². The molecule has 1 unspecified atom stereocenters. The maximum absolute atomic E-state index is 11.9. The summed E-state index contributed by atoms with van der Waals surface area (Å²) >= 11 is 2.94. The van der Waals surface area contributed by atoms with Gasteiger partial charge in [-0.05, 0) is 31.1 Å². The lowest BCUT2D eigenvalue weighted by atomic mass is 9.99. The van der Waals surface area contributed by atoms with Gasteiger partial charge in [-0.2, -0.15) is 0 Å². The normalized spacial score (nSPS) is 16.2. The summed E-state index contributed by atoms with van der Waals surface area (Å²) in [5, 5.41) is 13.8. The summed E-state index contributed by atoms with van der Waals surface area (Å²) < 4.78 is 1.01. The Morgan fingerprint density at radius 1 is 1.44 bits per heavy atom. The van der Waals surface area contributed by atoms with Crippen LogP contribution >= 0.6 is 22.7 Å². The number of thiophene rings is 1. The minimum absolute atomic E-state index is 0.277. The third-order valence-corrected chi connectivity index (χ3v) is 6.93. The van der Waals surface area contributed by atoms with Gasteiger partial charge in [0.25, 0.3) is 0 Å². The summed E-state index contributed by atoms with van der Waals surface area (Å²) in [5.74, 6) is -0.305. The van der Waals surface area contributed by atoms with E-state index in [1.807, 2.05) is 13.0 Å². The number of pyridine rings is 1. The Labute approximate surface area is 163 Å². The Morgan fingerprint density at radius 3 is 2.96 bits per heavy atom. The highest BCUT2D eigenvalue weighted by Gasteiger charge is 2.33. The number of aromatic nitrogens is 2. The summed E-state index contributed by atoms with van der Waals surface area (Å²) in [5.41, 5.74) is 2.73. The van der Waals surface area contributed by atoms with Gasteiger partial charge < -0.3 is 15.3 Å². The number of rotatable bonds is 3. The Bertz CT molecular complexity index is 1040. The first-order chi connectivity index (χ1) is 13.0. The molecule has 3 aromatic rings. The first-order valence-corrected chi connectivity index (χ1v) is 9.92. The average molecular weight is 400 g/mol. The summed E-state index contributed by atoms with van der Waals surface area (Å²) in [4.78, 5) is 34.6. The second kappa shape index (κ2) is 6.75. The van der Waals surface area contributed by atoms with Crippen LogP contribution in [-0.4, -0.2) is 38.5 Å². The fourth-order valence-corrected chi connectivity index (χ4v) is 5.66. The SMILES string of the molecule is C=CC(=O)Nc1sc2c(c1-c1nc3cnccc3s1)CCN(C(=O)O)C2C. The Balaban J connectivity index is 1.88. The molecule has 27 heavy (non-hydrogen) atoms. The van der Waals surface area contributed by atoms with Crippen molar-refractivity contribution in [2.45, 2.75) is 19.4 Å². The minimum Gasteiger partial charge on any atom is -0.465 e. The predicted molar refractivity (Wildman–Crippen MR) is 106 cm³/mol. The van der Waals surface area contributed by atoms with Gasteiger partial charge in [-0.1, -0.05) is 6.58 Å². The molecule has 3 aromatic heterocycles. The standard InChI is InChI=1S/C18H16N4O3S2/c1-3-13(23)21-17-14(16-20-11-8-19-6-4-12(11)26-16)10-5-7-22(18(24)25)9(2)15(10)27-17/h3-4,6,8-9H,1,5,7H2,2H3,(H,21,23)(H,24,25). The molecule has 0 fully saturated rings. The highest BCUT2D eigenvalue weighted by molar-refractivity contribution is 7.23. The highest BCUT2D eigenvalue weighted by atomic mass is 32.1. The van der Waals surface area contributed by atoms with Crippen molar-refractivity contribution in [1.82, 2.24) is 14.9 Å². The van der Waals surface area contributed by atoms with E-state index in [0.717, 1.165) is 31.2 Å². The monoisotopic (exact) mass is 400 g/mol. The van der Waals surface area contributed by atoms with Gasteiger partial charge in [-0.3, -0.25) is 9.78 Å². The van der Waals surface area contributed by atoms with E-state index >= 15 is 0 Å². The fraction of sp³-hybridized carbons (Fsp3) is 0.222. The quantitative estimate of drug-likeness (QED) is 0.644. The van der Waals surface area contributed by atoms with E-state index in [4.69, 9.17) is 4.98 Å². The molecule has 0 aromatic carbocycles. The van der Waals surface area contributed by atoms with Crippen molar-refractivity contribution >= 4 is 49.9 Å². The fourth-order valence-electron chi connectivity index (χ4n) is 3.26. The van der Waals surface area contributed by atoms with E-state index in [-0.39, 0.29) is 11.9 Å². The molecular weight excluding hydrogens is 384 g/mol. The van der Waals surface area contributed by atoms with E-state index in [1.54, 1.807) is 12.4 Å². The first kappa shape index (κ1) is 17.6. The molecule has 0 radical (unpaired) electrons. The number of nitrogens with one attached hydrogen (secondary N) is 1. The third-order valence-electron chi connectivity index (χ3n) is 4.56. The number of carbonyl (C=O) groups is 2. The second-order valence-electron chi connectivity index (χ2n) is 6.11. The van der Waals surface area contributed by atoms with Crippen LogP contribution in [0.5, 0.6) is 0 Å². The number of nitrogens with zero attached hydrogens (tertiary/aromatic N) is 3. The molecule has 4 rings (SSSR count). The number of amides is 2. The lowest BCUT2D eigenvalue weighted by Crippen LogP contribution is -2.37. The third kappa shape index (κ3) is 2.98. The molecule has 7 nitrogen and oxygen atoms in total. The number of fused-ring (bicyclic) bond motifs is 2. The number of thiazole rings is 1. The van der Waals surface area contributed by atoms with Gasteiger partial charge in [0.05, 0.1) is 16.9 Å². The molecule has 0 saturated heterocycles. The van der Waals surface area contributed by atoms with Crippen LogP contribution < -0.4 is 5.32 Å². The maximum Gasteiger partial charge on any atom is 0.407 e. The van der Waals surface area contributed by atoms with Gasteiger partial charge in [-0.15, -0.1) is 22.7 Å². The molecule has 2 N–H and O–H groups in total. The van der Waals surface area contributed by atoms with E-state index in [9.17, 15) is 14.7 Å². The van der Waals surface area contributed by atoms with Crippen molar-refractivity contribution in [3.05, 3.63) is 41.6 Å². The number of hydrogen-bond donors (Lipinski definition) is 2. The molecule has 0 spiro atoms. The van der Waals surface area contributed by atoms with E-state index in [0.29, 0.717) is 18.0 Å². The average Bonchev–Trinajstić information content (AvgIpc) is 3.22. The summed E-state index contributed by atoms with van der Waals surface area (Å²) in [6, 6.07) is 1.63. The number of carbonyl (C=O) groups excluding carboxylic acids is 1. The molecule has 9 heteroatoms. The summed E-state index contributed by atoms with van der Waals surface area (Å²) in [6.07, 6.45) is 4.30. The Hall–Kier alpha value is -2.78. The number of hydrogen-bond acceptors (Lipinski definition) is 6. The van der Waals surface area contributed by atoms with Crippen LogP contribution in [0.2, 0.25) is 0 Å². The largest absolute Gasteiger partial charge is 0.465 e.